The Labute approximate surface area is 101 Å². The maximum atomic E-state index is 12.4. The maximum Gasteiger partial charge on any atom is 0.416 e. The molecule has 2 N–H and O–H groups in total. The van der Waals surface area contributed by atoms with Gasteiger partial charge in [0.05, 0.1) is 18.1 Å². The molecular formula is C11H10F3N3O. The smallest absolute Gasteiger partial charge is 0.337 e. The summed E-state index contributed by atoms with van der Waals surface area (Å²) in [5.41, 5.74) is -0.795. The molecule has 0 saturated carbocycles. The van der Waals surface area contributed by atoms with Crippen molar-refractivity contribution in [1.82, 2.24) is 5.32 Å². The van der Waals surface area contributed by atoms with E-state index >= 15 is 0 Å². The number of benzene rings is 1. The highest BCUT2D eigenvalue weighted by Crippen LogP contribution is 2.30. The van der Waals surface area contributed by atoms with Gasteiger partial charge in [-0.15, -0.1) is 0 Å². The number of nitrogens with one attached hydrogen (secondary N) is 2. The fraction of sp³-hybridized carbons (Fsp3) is 0.273. The van der Waals surface area contributed by atoms with Gasteiger partial charge in [0.2, 0.25) is 0 Å². The van der Waals surface area contributed by atoms with Gasteiger partial charge in [-0.05, 0) is 18.2 Å². The highest BCUT2D eigenvalue weighted by Gasteiger charge is 2.30. The predicted octanol–water partition coefficient (Wildman–Crippen LogP) is 2.74. The number of hydrogen-bond donors (Lipinski definition) is 2. The van der Waals surface area contributed by atoms with Crippen molar-refractivity contribution in [2.75, 3.05) is 11.9 Å². The lowest BCUT2D eigenvalue weighted by molar-refractivity contribution is -0.137. The molecule has 0 fully saturated rings. The fourth-order valence-electron chi connectivity index (χ4n) is 1.18. The van der Waals surface area contributed by atoms with Crippen LogP contribution in [0.2, 0.25) is 0 Å². The van der Waals surface area contributed by atoms with E-state index in [9.17, 15) is 18.0 Å². The Hall–Kier alpha value is -2.23. The summed E-state index contributed by atoms with van der Waals surface area (Å²) < 4.78 is 37.2. The van der Waals surface area contributed by atoms with Crippen LogP contribution in [0, 0.1) is 11.3 Å². The molecule has 18 heavy (non-hydrogen) atoms. The van der Waals surface area contributed by atoms with Crippen LogP contribution >= 0.6 is 0 Å². The minimum absolute atomic E-state index is 0.0410. The number of amides is 2. The molecule has 0 unspecified atom stereocenters. The average Bonchev–Trinajstić information content (AvgIpc) is 2.28. The van der Waals surface area contributed by atoms with Crippen molar-refractivity contribution >= 4 is 11.7 Å². The first-order chi connectivity index (χ1) is 8.43. The van der Waals surface area contributed by atoms with Gasteiger partial charge >= 0.3 is 12.2 Å². The van der Waals surface area contributed by atoms with E-state index in [2.05, 4.69) is 10.6 Å². The molecular weight excluding hydrogens is 247 g/mol. The molecule has 2 amide bonds. The SMILES string of the molecule is N#CCCNC(=O)Nc1cccc(C(F)(F)F)c1. The van der Waals surface area contributed by atoms with Crippen LogP contribution in [0.4, 0.5) is 23.7 Å². The summed E-state index contributed by atoms with van der Waals surface area (Å²) in [6.07, 6.45) is -4.31. The van der Waals surface area contributed by atoms with Crippen LogP contribution in [0.3, 0.4) is 0 Å². The number of alkyl halides is 3. The third-order valence-corrected chi connectivity index (χ3v) is 1.97. The van der Waals surface area contributed by atoms with E-state index in [1.54, 1.807) is 0 Å². The number of anilines is 1. The zero-order chi connectivity index (χ0) is 13.6. The molecule has 1 aromatic rings. The second-order valence-electron chi connectivity index (χ2n) is 3.37. The molecule has 4 nitrogen and oxygen atoms in total. The Kier molecular flexibility index (Phi) is 4.54. The van der Waals surface area contributed by atoms with Gasteiger partial charge in [0.1, 0.15) is 0 Å². The molecule has 0 aliphatic heterocycles. The van der Waals surface area contributed by atoms with Crippen LogP contribution in [-0.2, 0) is 6.18 Å². The minimum Gasteiger partial charge on any atom is -0.337 e. The van der Waals surface area contributed by atoms with Gasteiger partial charge in [0.15, 0.2) is 0 Å². The molecule has 0 radical (unpaired) electrons. The van der Waals surface area contributed by atoms with Gasteiger partial charge in [-0.25, -0.2) is 4.79 Å². The van der Waals surface area contributed by atoms with Crippen molar-refractivity contribution in [3.8, 4) is 6.07 Å². The molecule has 1 aromatic carbocycles. The molecule has 0 saturated heterocycles. The Balaban J connectivity index is 2.63. The number of carbonyl (C=O) groups excluding carboxylic acids is 1. The second-order valence-corrected chi connectivity index (χ2v) is 3.37. The van der Waals surface area contributed by atoms with E-state index in [1.165, 1.54) is 12.1 Å². The van der Waals surface area contributed by atoms with Crippen molar-refractivity contribution in [1.29, 1.82) is 5.26 Å². The first-order valence-corrected chi connectivity index (χ1v) is 5.02. The zero-order valence-electron chi connectivity index (χ0n) is 9.21. The number of rotatable bonds is 3. The first-order valence-electron chi connectivity index (χ1n) is 5.02. The van der Waals surface area contributed by atoms with Crippen molar-refractivity contribution in [3.05, 3.63) is 29.8 Å². The summed E-state index contributed by atoms with van der Waals surface area (Å²) in [4.78, 5) is 11.2. The molecule has 0 spiro atoms. The average molecular weight is 257 g/mol. The van der Waals surface area contributed by atoms with Crippen LogP contribution in [0.25, 0.3) is 0 Å². The lowest BCUT2D eigenvalue weighted by atomic mass is 10.2. The summed E-state index contributed by atoms with van der Waals surface area (Å²) in [7, 11) is 0. The van der Waals surface area contributed by atoms with Crippen molar-refractivity contribution < 1.29 is 18.0 Å². The minimum atomic E-state index is -4.45. The van der Waals surface area contributed by atoms with Crippen LogP contribution < -0.4 is 10.6 Å². The molecule has 0 aliphatic rings. The van der Waals surface area contributed by atoms with Crippen LogP contribution in [-0.4, -0.2) is 12.6 Å². The summed E-state index contributed by atoms with van der Waals surface area (Å²) in [6, 6.07) is 5.48. The number of nitrogens with zero attached hydrogens (tertiary/aromatic N) is 1. The van der Waals surface area contributed by atoms with Gasteiger partial charge in [-0.1, -0.05) is 6.07 Å². The second kappa shape index (κ2) is 5.91. The van der Waals surface area contributed by atoms with Gasteiger partial charge < -0.3 is 10.6 Å². The van der Waals surface area contributed by atoms with E-state index < -0.39 is 17.8 Å². The van der Waals surface area contributed by atoms with Crippen LogP contribution in [0.5, 0.6) is 0 Å². The lowest BCUT2D eigenvalue weighted by Gasteiger charge is -2.10. The summed E-state index contributed by atoms with van der Waals surface area (Å²) in [5.74, 6) is 0. The lowest BCUT2D eigenvalue weighted by Crippen LogP contribution is -2.29. The van der Waals surface area contributed by atoms with E-state index in [1.807, 2.05) is 6.07 Å². The van der Waals surface area contributed by atoms with E-state index in [4.69, 9.17) is 5.26 Å². The van der Waals surface area contributed by atoms with Gasteiger partial charge in [-0.2, -0.15) is 18.4 Å². The first kappa shape index (κ1) is 13.8. The highest BCUT2D eigenvalue weighted by atomic mass is 19.4. The Morgan fingerprint density at radius 1 is 1.39 bits per heavy atom. The summed E-state index contributed by atoms with van der Waals surface area (Å²) in [5, 5.41) is 12.8. The zero-order valence-corrected chi connectivity index (χ0v) is 9.21. The number of halogens is 3. The highest BCUT2D eigenvalue weighted by molar-refractivity contribution is 5.89. The van der Waals surface area contributed by atoms with E-state index in [0.717, 1.165) is 12.1 Å². The molecule has 0 bridgehead atoms. The topological polar surface area (TPSA) is 64.9 Å². The predicted molar refractivity (Wildman–Crippen MR) is 58.7 cm³/mol. The number of nitriles is 1. The van der Waals surface area contributed by atoms with Crippen LogP contribution in [0.15, 0.2) is 24.3 Å². The summed E-state index contributed by atoms with van der Waals surface area (Å²) >= 11 is 0. The third-order valence-electron chi connectivity index (χ3n) is 1.97. The van der Waals surface area contributed by atoms with E-state index in [-0.39, 0.29) is 18.7 Å². The Morgan fingerprint density at radius 2 is 2.11 bits per heavy atom. The largest absolute Gasteiger partial charge is 0.416 e. The molecule has 0 aromatic heterocycles. The van der Waals surface area contributed by atoms with Gasteiger partial charge in [0, 0.05) is 12.2 Å². The molecule has 96 valence electrons. The fourth-order valence-corrected chi connectivity index (χ4v) is 1.18. The Morgan fingerprint density at radius 3 is 2.72 bits per heavy atom. The standard InChI is InChI=1S/C11H10F3N3O/c12-11(13,14)8-3-1-4-9(7-8)17-10(18)16-6-2-5-15/h1,3-4,7H,2,6H2,(H2,16,17,18). The summed E-state index contributed by atoms with van der Waals surface area (Å²) in [6.45, 7) is 0.140. The van der Waals surface area contributed by atoms with Crippen LogP contribution in [0.1, 0.15) is 12.0 Å². The molecule has 0 aliphatic carbocycles. The number of carbonyl (C=O) groups is 1. The molecule has 1 rings (SSSR count). The number of hydrogen-bond acceptors (Lipinski definition) is 2. The van der Waals surface area contributed by atoms with Crippen molar-refractivity contribution in [2.24, 2.45) is 0 Å². The van der Waals surface area contributed by atoms with E-state index in [0.29, 0.717) is 0 Å². The normalized spacial score (nSPS) is 10.6. The molecule has 7 heteroatoms. The molecule has 0 heterocycles. The van der Waals surface area contributed by atoms with Crippen molar-refractivity contribution in [3.63, 3.8) is 0 Å². The Bertz CT molecular complexity index is 465. The number of urea groups is 1. The quantitative estimate of drug-likeness (QED) is 0.818. The molecule has 0 atom stereocenters. The van der Waals surface area contributed by atoms with Gasteiger partial charge in [-0.3, -0.25) is 0 Å². The van der Waals surface area contributed by atoms with Crippen molar-refractivity contribution in [2.45, 2.75) is 12.6 Å². The monoisotopic (exact) mass is 257 g/mol. The third kappa shape index (κ3) is 4.33. The van der Waals surface area contributed by atoms with Gasteiger partial charge in [0.25, 0.3) is 0 Å². The maximum absolute atomic E-state index is 12.4.